The van der Waals surface area contributed by atoms with Gasteiger partial charge in [0.05, 0.1) is 6.10 Å². The minimum Gasteiger partial charge on any atom is -0.393 e. The van der Waals surface area contributed by atoms with Crippen molar-refractivity contribution in [3.8, 4) is 0 Å². The van der Waals surface area contributed by atoms with Crippen LogP contribution in [0.5, 0.6) is 0 Å². The number of aliphatic hydroxyl groups excluding tert-OH is 1. The molecule has 1 saturated heterocycles. The molecule has 0 radical (unpaired) electrons. The van der Waals surface area contributed by atoms with Crippen LogP contribution in [0.2, 0.25) is 5.02 Å². The van der Waals surface area contributed by atoms with Crippen LogP contribution in [0.25, 0.3) is 0 Å². The van der Waals surface area contributed by atoms with Gasteiger partial charge in [0.2, 0.25) is 5.91 Å². The summed E-state index contributed by atoms with van der Waals surface area (Å²) in [4.78, 5) is 11.8. The molecule has 1 unspecified atom stereocenters. The van der Waals surface area contributed by atoms with Gasteiger partial charge in [-0.15, -0.1) is 0 Å². The molecule has 122 valence electrons. The first kappa shape index (κ1) is 17.3. The van der Waals surface area contributed by atoms with Gasteiger partial charge in [0, 0.05) is 31.2 Å². The maximum Gasteiger partial charge on any atom is 0.220 e. The molecule has 1 aromatic carbocycles. The van der Waals surface area contributed by atoms with E-state index in [2.05, 4.69) is 5.32 Å². The molecule has 5 heteroatoms. The minimum absolute atomic E-state index is 0.0131. The first-order valence-corrected chi connectivity index (χ1v) is 8.30. The number of ether oxygens (including phenoxy) is 1. The molecular weight excluding hydrogens is 302 g/mol. The average Bonchev–Trinajstić information content (AvgIpc) is 2.54. The van der Waals surface area contributed by atoms with Gasteiger partial charge in [-0.3, -0.25) is 4.79 Å². The molecule has 0 saturated carbocycles. The third kappa shape index (κ3) is 5.95. The predicted molar refractivity (Wildman–Crippen MR) is 86.9 cm³/mol. The van der Waals surface area contributed by atoms with Crippen LogP contribution in [0.4, 0.5) is 0 Å². The summed E-state index contributed by atoms with van der Waals surface area (Å²) in [6.45, 7) is 1.98. The number of benzene rings is 1. The van der Waals surface area contributed by atoms with Gasteiger partial charge in [-0.2, -0.15) is 0 Å². The quantitative estimate of drug-likeness (QED) is 0.810. The molecule has 0 bridgehead atoms. The maximum absolute atomic E-state index is 11.8. The molecule has 0 spiro atoms. The van der Waals surface area contributed by atoms with Crippen molar-refractivity contribution in [1.29, 1.82) is 0 Å². The van der Waals surface area contributed by atoms with Crippen molar-refractivity contribution in [3.05, 3.63) is 34.9 Å². The van der Waals surface area contributed by atoms with E-state index in [1.165, 1.54) is 0 Å². The summed E-state index contributed by atoms with van der Waals surface area (Å²) in [6.07, 6.45) is 3.18. The number of rotatable bonds is 7. The molecule has 2 rings (SSSR count). The number of hydrogen-bond donors (Lipinski definition) is 2. The Kier molecular flexibility index (Phi) is 7.16. The third-order valence-corrected chi connectivity index (χ3v) is 4.34. The number of halogens is 1. The molecule has 22 heavy (non-hydrogen) atoms. The summed E-state index contributed by atoms with van der Waals surface area (Å²) < 4.78 is 5.28. The lowest BCUT2D eigenvalue weighted by Gasteiger charge is -2.26. The van der Waals surface area contributed by atoms with Crippen LogP contribution >= 0.6 is 11.6 Å². The highest BCUT2D eigenvalue weighted by molar-refractivity contribution is 6.30. The number of hydrogen-bond acceptors (Lipinski definition) is 3. The fourth-order valence-electron chi connectivity index (χ4n) is 2.73. The van der Waals surface area contributed by atoms with Crippen molar-refractivity contribution >= 4 is 17.5 Å². The first-order chi connectivity index (χ1) is 10.6. The fraction of sp³-hybridized carbons (Fsp3) is 0.588. The highest BCUT2D eigenvalue weighted by Crippen LogP contribution is 2.20. The van der Waals surface area contributed by atoms with Crippen LogP contribution < -0.4 is 5.32 Å². The molecule has 0 aliphatic carbocycles. The third-order valence-electron chi connectivity index (χ3n) is 4.10. The van der Waals surface area contributed by atoms with Crippen molar-refractivity contribution in [3.63, 3.8) is 0 Å². The van der Waals surface area contributed by atoms with E-state index in [4.69, 9.17) is 16.3 Å². The number of aliphatic hydroxyl groups is 1. The number of carbonyl (C=O) groups excluding carboxylic acids is 1. The smallest absolute Gasteiger partial charge is 0.220 e. The van der Waals surface area contributed by atoms with Gasteiger partial charge in [0.15, 0.2) is 0 Å². The number of aryl methyl sites for hydroxylation is 1. The van der Waals surface area contributed by atoms with Crippen LogP contribution in [-0.2, 0) is 16.0 Å². The van der Waals surface area contributed by atoms with E-state index in [9.17, 15) is 9.90 Å². The van der Waals surface area contributed by atoms with Gasteiger partial charge in [-0.05, 0) is 49.3 Å². The Morgan fingerprint density at radius 1 is 1.41 bits per heavy atom. The van der Waals surface area contributed by atoms with Crippen LogP contribution in [-0.4, -0.2) is 36.9 Å². The van der Waals surface area contributed by atoms with E-state index in [1.54, 1.807) is 0 Å². The van der Waals surface area contributed by atoms with Gasteiger partial charge in [-0.25, -0.2) is 0 Å². The lowest BCUT2D eigenvalue weighted by atomic mass is 9.92. The second-order valence-electron chi connectivity index (χ2n) is 5.79. The van der Waals surface area contributed by atoms with Gasteiger partial charge in [0.1, 0.15) is 0 Å². The zero-order chi connectivity index (χ0) is 15.8. The molecule has 1 aliphatic rings. The minimum atomic E-state index is -0.350. The molecule has 1 amide bonds. The SMILES string of the molecule is O=C(CCc1cccc(Cl)c1)NCCC(O)C1CCOCC1. The summed E-state index contributed by atoms with van der Waals surface area (Å²) in [5, 5.41) is 13.7. The molecule has 1 heterocycles. The molecule has 0 aromatic heterocycles. The molecule has 4 nitrogen and oxygen atoms in total. The molecule has 2 N–H and O–H groups in total. The Morgan fingerprint density at radius 2 is 2.18 bits per heavy atom. The summed E-state index contributed by atoms with van der Waals surface area (Å²) in [5.74, 6) is 0.316. The molecule has 1 fully saturated rings. The van der Waals surface area contributed by atoms with Crippen molar-refractivity contribution in [2.75, 3.05) is 19.8 Å². The maximum atomic E-state index is 11.8. The first-order valence-electron chi connectivity index (χ1n) is 7.92. The van der Waals surface area contributed by atoms with E-state index in [-0.39, 0.29) is 12.0 Å². The summed E-state index contributed by atoms with van der Waals surface area (Å²) in [6, 6.07) is 7.56. The van der Waals surface area contributed by atoms with Crippen molar-refractivity contribution < 1.29 is 14.6 Å². The highest BCUT2D eigenvalue weighted by atomic mass is 35.5. The number of nitrogens with one attached hydrogen (secondary N) is 1. The largest absolute Gasteiger partial charge is 0.393 e. The second kappa shape index (κ2) is 9.13. The van der Waals surface area contributed by atoms with Gasteiger partial charge in [-0.1, -0.05) is 23.7 Å². The van der Waals surface area contributed by atoms with E-state index in [1.807, 2.05) is 24.3 Å². The Bertz CT molecular complexity index is 475. The van der Waals surface area contributed by atoms with Crippen molar-refractivity contribution in [2.24, 2.45) is 5.92 Å². The predicted octanol–water partition coefficient (Wildman–Crippen LogP) is 2.57. The molecule has 1 aromatic rings. The summed E-state index contributed by atoms with van der Waals surface area (Å²) >= 11 is 5.92. The molecular formula is C17H24ClNO3. The standard InChI is InChI=1S/C17H24ClNO3/c18-15-3-1-2-13(12-15)4-5-17(21)19-9-6-16(20)14-7-10-22-11-8-14/h1-3,12,14,16,20H,4-11H2,(H,19,21). The van der Waals surface area contributed by atoms with E-state index in [0.29, 0.717) is 36.7 Å². The van der Waals surface area contributed by atoms with E-state index >= 15 is 0 Å². The Labute approximate surface area is 136 Å². The normalized spacial score (nSPS) is 17.2. The lowest BCUT2D eigenvalue weighted by Crippen LogP contribution is -2.32. The van der Waals surface area contributed by atoms with Gasteiger partial charge >= 0.3 is 0 Å². The molecule has 1 atom stereocenters. The Hall–Kier alpha value is -1.10. The molecule has 1 aliphatic heterocycles. The van der Waals surface area contributed by atoms with Crippen LogP contribution in [0.15, 0.2) is 24.3 Å². The van der Waals surface area contributed by atoms with E-state index in [0.717, 1.165) is 31.6 Å². The number of carbonyl (C=O) groups is 1. The second-order valence-corrected chi connectivity index (χ2v) is 6.22. The van der Waals surface area contributed by atoms with E-state index < -0.39 is 0 Å². The van der Waals surface area contributed by atoms with Gasteiger partial charge < -0.3 is 15.2 Å². The average molecular weight is 326 g/mol. The zero-order valence-corrected chi connectivity index (χ0v) is 13.5. The topological polar surface area (TPSA) is 58.6 Å². The highest BCUT2D eigenvalue weighted by Gasteiger charge is 2.21. The van der Waals surface area contributed by atoms with Crippen molar-refractivity contribution in [2.45, 2.75) is 38.2 Å². The van der Waals surface area contributed by atoms with Crippen molar-refractivity contribution in [1.82, 2.24) is 5.32 Å². The fourth-order valence-corrected chi connectivity index (χ4v) is 2.95. The number of amides is 1. The van der Waals surface area contributed by atoms with Gasteiger partial charge in [0.25, 0.3) is 0 Å². The summed E-state index contributed by atoms with van der Waals surface area (Å²) in [5.41, 5.74) is 1.06. The summed E-state index contributed by atoms with van der Waals surface area (Å²) in [7, 11) is 0. The van der Waals surface area contributed by atoms with Crippen LogP contribution in [0, 0.1) is 5.92 Å². The zero-order valence-electron chi connectivity index (χ0n) is 12.8. The Morgan fingerprint density at radius 3 is 2.91 bits per heavy atom. The van der Waals surface area contributed by atoms with Crippen LogP contribution in [0.3, 0.4) is 0 Å². The lowest BCUT2D eigenvalue weighted by molar-refractivity contribution is -0.121. The monoisotopic (exact) mass is 325 g/mol. The Balaban J connectivity index is 1.61. The van der Waals surface area contributed by atoms with Crippen LogP contribution in [0.1, 0.15) is 31.2 Å².